The molecular formula is C19H29N5O. The molecule has 2 fully saturated rings. The molecule has 2 aromatic rings. The Morgan fingerprint density at radius 3 is 2.40 bits per heavy atom. The van der Waals surface area contributed by atoms with Crippen molar-refractivity contribution >= 4 is 0 Å². The number of piperidine rings is 1. The molecule has 0 radical (unpaired) electrons. The van der Waals surface area contributed by atoms with Crippen LogP contribution in [0.4, 0.5) is 0 Å². The summed E-state index contributed by atoms with van der Waals surface area (Å²) in [5.41, 5.74) is 0. The monoisotopic (exact) mass is 343 g/mol. The molecule has 4 heterocycles. The summed E-state index contributed by atoms with van der Waals surface area (Å²) < 4.78 is 7.96. The summed E-state index contributed by atoms with van der Waals surface area (Å²) in [5.74, 6) is 4.88. The van der Waals surface area contributed by atoms with Crippen molar-refractivity contribution in [2.24, 2.45) is 7.05 Å². The summed E-state index contributed by atoms with van der Waals surface area (Å²) in [6.07, 6.45) is 4.93. The Hall–Kier alpha value is -1.66. The number of likely N-dealkylation sites (tertiary alicyclic amines) is 2. The quantitative estimate of drug-likeness (QED) is 0.835. The topological polar surface area (TPSA) is 50.3 Å². The molecule has 0 N–H and O–H groups in total. The smallest absolute Gasteiger partial charge is 0.146 e. The highest BCUT2D eigenvalue weighted by atomic mass is 16.3. The van der Waals surface area contributed by atoms with Gasteiger partial charge in [-0.05, 0) is 70.9 Å². The summed E-state index contributed by atoms with van der Waals surface area (Å²) in [7, 11) is 2.14. The Balaban J connectivity index is 1.33. The van der Waals surface area contributed by atoms with Crippen LogP contribution in [0.1, 0.15) is 54.8 Å². The van der Waals surface area contributed by atoms with Crippen LogP contribution in [0.25, 0.3) is 0 Å². The zero-order valence-corrected chi connectivity index (χ0v) is 15.4. The fourth-order valence-corrected chi connectivity index (χ4v) is 4.15. The van der Waals surface area contributed by atoms with E-state index in [1.807, 2.05) is 13.0 Å². The van der Waals surface area contributed by atoms with Crippen molar-refractivity contribution in [3.05, 3.63) is 35.3 Å². The summed E-state index contributed by atoms with van der Waals surface area (Å²) in [4.78, 5) is 4.97. The lowest BCUT2D eigenvalue weighted by atomic mass is 9.96. The van der Waals surface area contributed by atoms with Crippen molar-refractivity contribution in [2.75, 3.05) is 26.2 Å². The second-order valence-corrected chi connectivity index (χ2v) is 7.58. The van der Waals surface area contributed by atoms with E-state index in [0.717, 1.165) is 56.4 Å². The number of aromatic nitrogens is 3. The molecule has 0 bridgehead atoms. The minimum Gasteiger partial charge on any atom is -0.465 e. The standard InChI is InChI=1S/C19H29N5O/c1-15-5-6-17(25-15)13-24-11-7-16(8-12-24)19-21-20-18(22(19)2)14-23-9-3-4-10-23/h5-6,16H,3-4,7-14H2,1-2H3. The van der Waals surface area contributed by atoms with E-state index < -0.39 is 0 Å². The maximum Gasteiger partial charge on any atom is 0.146 e. The molecule has 4 rings (SSSR count). The summed E-state index contributed by atoms with van der Waals surface area (Å²) in [6, 6.07) is 4.14. The Morgan fingerprint density at radius 1 is 1.00 bits per heavy atom. The first kappa shape index (κ1) is 16.8. The number of hydrogen-bond acceptors (Lipinski definition) is 5. The number of nitrogens with zero attached hydrogens (tertiary/aromatic N) is 5. The van der Waals surface area contributed by atoms with Gasteiger partial charge in [0.25, 0.3) is 0 Å². The largest absolute Gasteiger partial charge is 0.465 e. The van der Waals surface area contributed by atoms with Gasteiger partial charge in [-0.2, -0.15) is 0 Å². The molecule has 2 saturated heterocycles. The fraction of sp³-hybridized carbons (Fsp3) is 0.684. The molecular weight excluding hydrogens is 314 g/mol. The van der Waals surface area contributed by atoms with Crippen molar-refractivity contribution in [3.63, 3.8) is 0 Å². The molecule has 0 saturated carbocycles. The molecule has 6 nitrogen and oxygen atoms in total. The zero-order valence-electron chi connectivity index (χ0n) is 15.4. The van der Waals surface area contributed by atoms with Crippen LogP contribution in [-0.2, 0) is 20.1 Å². The fourth-order valence-electron chi connectivity index (χ4n) is 4.15. The van der Waals surface area contributed by atoms with E-state index in [1.165, 1.54) is 31.8 Å². The first-order valence-corrected chi connectivity index (χ1v) is 9.57. The van der Waals surface area contributed by atoms with Gasteiger partial charge in [0, 0.05) is 13.0 Å². The first-order valence-electron chi connectivity index (χ1n) is 9.57. The van der Waals surface area contributed by atoms with Crippen molar-refractivity contribution in [3.8, 4) is 0 Å². The van der Waals surface area contributed by atoms with E-state index in [4.69, 9.17) is 4.42 Å². The third-order valence-corrected chi connectivity index (χ3v) is 5.69. The second-order valence-electron chi connectivity index (χ2n) is 7.58. The Bertz CT molecular complexity index is 692. The van der Waals surface area contributed by atoms with Crippen molar-refractivity contribution in [1.29, 1.82) is 0 Å². The molecule has 0 amide bonds. The van der Waals surface area contributed by atoms with Gasteiger partial charge in [0.1, 0.15) is 23.2 Å². The van der Waals surface area contributed by atoms with Crippen LogP contribution < -0.4 is 0 Å². The zero-order chi connectivity index (χ0) is 17.2. The molecule has 136 valence electrons. The SMILES string of the molecule is Cc1ccc(CN2CCC(c3nnc(CN4CCCC4)n3C)CC2)o1. The van der Waals surface area contributed by atoms with Gasteiger partial charge >= 0.3 is 0 Å². The molecule has 0 spiro atoms. The average Bonchev–Trinajstić information content (AvgIpc) is 3.33. The van der Waals surface area contributed by atoms with Crippen LogP contribution in [-0.4, -0.2) is 50.7 Å². The van der Waals surface area contributed by atoms with Gasteiger partial charge in [-0.1, -0.05) is 0 Å². The van der Waals surface area contributed by atoms with Crippen molar-refractivity contribution in [2.45, 2.75) is 51.6 Å². The number of rotatable bonds is 5. The third kappa shape index (κ3) is 3.80. The lowest BCUT2D eigenvalue weighted by molar-refractivity contribution is 0.186. The van der Waals surface area contributed by atoms with E-state index in [9.17, 15) is 0 Å². The molecule has 2 aliphatic heterocycles. The molecule has 2 aromatic heterocycles. The van der Waals surface area contributed by atoms with Crippen LogP contribution in [0.2, 0.25) is 0 Å². The summed E-state index contributed by atoms with van der Waals surface area (Å²) in [6.45, 7) is 8.46. The van der Waals surface area contributed by atoms with Gasteiger partial charge in [0.15, 0.2) is 0 Å². The normalized spacial score (nSPS) is 20.6. The Kier molecular flexibility index (Phi) is 4.90. The van der Waals surface area contributed by atoms with E-state index in [2.05, 4.69) is 37.7 Å². The lowest BCUT2D eigenvalue weighted by Crippen LogP contribution is -2.33. The minimum atomic E-state index is 0.527. The molecule has 0 aromatic carbocycles. The molecule has 0 atom stereocenters. The molecule has 0 unspecified atom stereocenters. The predicted octanol–water partition coefficient (Wildman–Crippen LogP) is 2.69. The highest BCUT2D eigenvalue weighted by molar-refractivity contribution is 5.07. The van der Waals surface area contributed by atoms with Gasteiger partial charge < -0.3 is 8.98 Å². The van der Waals surface area contributed by atoms with Crippen LogP contribution >= 0.6 is 0 Å². The maximum absolute atomic E-state index is 5.71. The second kappa shape index (κ2) is 7.30. The third-order valence-electron chi connectivity index (χ3n) is 5.69. The van der Waals surface area contributed by atoms with Crippen LogP contribution in [0.3, 0.4) is 0 Å². The minimum absolute atomic E-state index is 0.527. The highest BCUT2D eigenvalue weighted by Crippen LogP contribution is 2.28. The van der Waals surface area contributed by atoms with Gasteiger partial charge in [0.2, 0.25) is 0 Å². The van der Waals surface area contributed by atoms with E-state index in [-0.39, 0.29) is 0 Å². The molecule has 6 heteroatoms. The van der Waals surface area contributed by atoms with E-state index in [0.29, 0.717) is 5.92 Å². The summed E-state index contributed by atoms with van der Waals surface area (Å²) in [5, 5.41) is 9.03. The lowest BCUT2D eigenvalue weighted by Gasteiger charge is -2.30. The predicted molar refractivity (Wildman–Crippen MR) is 96.2 cm³/mol. The maximum atomic E-state index is 5.71. The molecule has 2 aliphatic rings. The van der Waals surface area contributed by atoms with E-state index >= 15 is 0 Å². The van der Waals surface area contributed by atoms with E-state index in [1.54, 1.807) is 0 Å². The number of furan rings is 1. The van der Waals surface area contributed by atoms with Gasteiger partial charge in [-0.15, -0.1) is 10.2 Å². The van der Waals surface area contributed by atoms with Gasteiger partial charge in [0.05, 0.1) is 13.1 Å². The Morgan fingerprint density at radius 2 is 1.72 bits per heavy atom. The van der Waals surface area contributed by atoms with Crippen LogP contribution in [0.15, 0.2) is 16.5 Å². The summed E-state index contributed by atoms with van der Waals surface area (Å²) >= 11 is 0. The first-order chi connectivity index (χ1) is 12.2. The average molecular weight is 343 g/mol. The van der Waals surface area contributed by atoms with Crippen molar-refractivity contribution < 1.29 is 4.42 Å². The van der Waals surface area contributed by atoms with Gasteiger partial charge in [-0.25, -0.2) is 0 Å². The highest BCUT2D eigenvalue weighted by Gasteiger charge is 2.26. The number of hydrogen-bond donors (Lipinski definition) is 0. The van der Waals surface area contributed by atoms with Gasteiger partial charge in [-0.3, -0.25) is 9.80 Å². The van der Waals surface area contributed by atoms with Crippen LogP contribution in [0, 0.1) is 6.92 Å². The Labute approximate surface area is 149 Å². The van der Waals surface area contributed by atoms with Crippen molar-refractivity contribution in [1.82, 2.24) is 24.6 Å². The number of aryl methyl sites for hydroxylation is 1. The van der Waals surface area contributed by atoms with Crippen LogP contribution in [0.5, 0.6) is 0 Å². The molecule has 25 heavy (non-hydrogen) atoms. The molecule has 0 aliphatic carbocycles.